The molecule has 5 rings (SSSR count). The predicted molar refractivity (Wildman–Crippen MR) is 129 cm³/mol. The molecule has 0 radical (unpaired) electrons. The number of rotatable bonds is 7. The largest absolute Gasteiger partial charge is 0.497 e. The quantitative estimate of drug-likeness (QED) is 0.439. The van der Waals surface area contributed by atoms with E-state index >= 15 is 0 Å². The van der Waals surface area contributed by atoms with Crippen molar-refractivity contribution in [3.8, 4) is 5.75 Å². The molecule has 5 nitrogen and oxygen atoms in total. The van der Waals surface area contributed by atoms with Crippen molar-refractivity contribution in [1.29, 1.82) is 0 Å². The van der Waals surface area contributed by atoms with Gasteiger partial charge in [-0.3, -0.25) is 9.69 Å². The van der Waals surface area contributed by atoms with Gasteiger partial charge >= 0.3 is 0 Å². The topological polar surface area (TPSA) is 57.4 Å². The number of H-pyrrole nitrogens is 1. The molecule has 6 heteroatoms. The Balaban J connectivity index is 1.32. The second kappa shape index (κ2) is 9.18. The molecule has 4 aromatic rings. The van der Waals surface area contributed by atoms with Crippen molar-refractivity contribution in [1.82, 2.24) is 15.2 Å². The number of fused-ring (bicyclic) bond motifs is 2. The fourth-order valence-electron chi connectivity index (χ4n) is 4.54. The molecule has 164 valence electrons. The Labute approximate surface area is 192 Å². The second-order valence-corrected chi connectivity index (χ2v) is 9.25. The van der Waals surface area contributed by atoms with Gasteiger partial charge < -0.3 is 15.0 Å². The summed E-state index contributed by atoms with van der Waals surface area (Å²) in [6.07, 6.45) is 3.10. The van der Waals surface area contributed by atoms with Crippen molar-refractivity contribution in [3.05, 3.63) is 87.7 Å². The molecule has 0 saturated heterocycles. The minimum absolute atomic E-state index is 0.0471. The summed E-state index contributed by atoms with van der Waals surface area (Å²) in [4.78, 5) is 19.9. The van der Waals surface area contributed by atoms with Crippen LogP contribution in [0.3, 0.4) is 0 Å². The number of carbonyl (C=O) groups excluding carboxylic acids is 1. The zero-order valence-corrected chi connectivity index (χ0v) is 19.0. The Bertz CT molecular complexity index is 1210. The summed E-state index contributed by atoms with van der Waals surface area (Å²) in [5.74, 6) is 0.946. The summed E-state index contributed by atoms with van der Waals surface area (Å²) < 4.78 is 5.33. The Kier molecular flexibility index (Phi) is 5.97. The zero-order valence-electron chi connectivity index (χ0n) is 18.1. The first-order valence-electron chi connectivity index (χ1n) is 11.0. The average molecular weight is 446 g/mol. The van der Waals surface area contributed by atoms with Gasteiger partial charge in [0.15, 0.2) is 0 Å². The number of benzene rings is 2. The smallest absolute Gasteiger partial charge is 0.234 e. The summed E-state index contributed by atoms with van der Waals surface area (Å²) in [7, 11) is 1.67. The van der Waals surface area contributed by atoms with Gasteiger partial charge in [-0.05, 0) is 52.8 Å². The van der Waals surface area contributed by atoms with Gasteiger partial charge in [0.25, 0.3) is 0 Å². The van der Waals surface area contributed by atoms with E-state index in [0.717, 1.165) is 36.3 Å². The summed E-state index contributed by atoms with van der Waals surface area (Å²) in [5, 5.41) is 6.54. The van der Waals surface area contributed by atoms with Crippen molar-refractivity contribution in [2.45, 2.75) is 18.9 Å². The molecule has 0 aliphatic carbocycles. The molecule has 0 fully saturated rings. The SMILES string of the molecule is COc1ccc(C(CNC(=O)CN2CCc3sccc3C2)c2c[nH]c3ccccc23)cc1. The lowest BCUT2D eigenvalue weighted by Crippen LogP contribution is -2.40. The van der Waals surface area contributed by atoms with Gasteiger partial charge in [0.05, 0.1) is 13.7 Å². The molecule has 0 spiro atoms. The van der Waals surface area contributed by atoms with Gasteiger partial charge in [0, 0.05) is 47.5 Å². The third-order valence-corrected chi connectivity index (χ3v) is 7.30. The number of hydrogen-bond donors (Lipinski definition) is 2. The van der Waals surface area contributed by atoms with Gasteiger partial charge in [-0.2, -0.15) is 0 Å². The highest BCUT2D eigenvalue weighted by atomic mass is 32.1. The second-order valence-electron chi connectivity index (χ2n) is 8.25. The Morgan fingerprint density at radius 2 is 2.03 bits per heavy atom. The van der Waals surface area contributed by atoms with Crippen LogP contribution in [0.15, 0.2) is 66.2 Å². The number of thiophene rings is 1. The molecule has 2 aromatic carbocycles. The molecule has 1 atom stereocenters. The van der Waals surface area contributed by atoms with E-state index in [1.54, 1.807) is 7.11 Å². The number of amides is 1. The lowest BCUT2D eigenvalue weighted by Gasteiger charge is -2.26. The van der Waals surface area contributed by atoms with Crippen LogP contribution in [0.2, 0.25) is 0 Å². The van der Waals surface area contributed by atoms with E-state index in [0.29, 0.717) is 13.1 Å². The third kappa shape index (κ3) is 4.29. The first-order valence-corrected chi connectivity index (χ1v) is 11.8. The maximum Gasteiger partial charge on any atom is 0.234 e. The number of hydrogen-bond acceptors (Lipinski definition) is 4. The highest BCUT2D eigenvalue weighted by Gasteiger charge is 2.22. The number of carbonyl (C=O) groups is 1. The Morgan fingerprint density at radius 1 is 1.19 bits per heavy atom. The van der Waals surface area contributed by atoms with Crippen LogP contribution in [0.4, 0.5) is 0 Å². The number of aromatic amines is 1. The minimum Gasteiger partial charge on any atom is -0.497 e. The molecular weight excluding hydrogens is 418 g/mol. The molecule has 2 N–H and O–H groups in total. The Morgan fingerprint density at radius 3 is 2.88 bits per heavy atom. The lowest BCUT2D eigenvalue weighted by atomic mass is 9.90. The number of nitrogens with one attached hydrogen (secondary N) is 2. The molecule has 1 amide bonds. The first-order chi connectivity index (χ1) is 15.7. The first kappa shape index (κ1) is 20.8. The average Bonchev–Trinajstić information content (AvgIpc) is 3.47. The number of ether oxygens (including phenoxy) is 1. The number of nitrogens with zero attached hydrogens (tertiary/aromatic N) is 1. The maximum absolute atomic E-state index is 12.9. The van der Waals surface area contributed by atoms with E-state index in [-0.39, 0.29) is 11.8 Å². The van der Waals surface area contributed by atoms with E-state index < -0.39 is 0 Å². The minimum atomic E-state index is 0.0471. The van der Waals surface area contributed by atoms with Crippen LogP contribution in [-0.4, -0.2) is 42.5 Å². The predicted octanol–water partition coefficient (Wildman–Crippen LogP) is 4.54. The molecule has 1 unspecified atom stereocenters. The van der Waals surface area contributed by atoms with Gasteiger partial charge in [0.1, 0.15) is 5.75 Å². The van der Waals surface area contributed by atoms with E-state index in [4.69, 9.17) is 4.74 Å². The van der Waals surface area contributed by atoms with Gasteiger partial charge in [-0.25, -0.2) is 0 Å². The molecule has 3 heterocycles. The van der Waals surface area contributed by atoms with Crippen LogP contribution in [0.5, 0.6) is 5.75 Å². The highest BCUT2D eigenvalue weighted by Crippen LogP contribution is 2.31. The highest BCUT2D eigenvalue weighted by molar-refractivity contribution is 7.10. The molecular formula is C26H27N3O2S. The van der Waals surface area contributed by atoms with Crippen molar-refractivity contribution in [2.75, 3.05) is 26.7 Å². The molecule has 32 heavy (non-hydrogen) atoms. The lowest BCUT2D eigenvalue weighted by molar-refractivity contribution is -0.122. The van der Waals surface area contributed by atoms with E-state index in [1.165, 1.54) is 21.4 Å². The van der Waals surface area contributed by atoms with Gasteiger partial charge in [-0.15, -0.1) is 11.3 Å². The third-order valence-electron chi connectivity index (χ3n) is 6.27. The zero-order chi connectivity index (χ0) is 21.9. The number of para-hydroxylation sites is 1. The van der Waals surface area contributed by atoms with Crippen molar-refractivity contribution in [3.63, 3.8) is 0 Å². The molecule has 0 saturated carbocycles. The normalized spacial score (nSPS) is 14.8. The van der Waals surface area contributed by atoms with Crippen molar-refractivity contribution < 1.29 is 9.53 Å². The molecule has 0 bridgehead atoms. The van der Waals surface area contributed by atoms with Crippen LogP contribution in [0, 0.1) is 0 Å². The Hall–Kier alpha value is -3.09. The van der Waals surface area contributed by atoms with Crippen LogP contribution in [0.1, 0.15) is 27.5 Å². The summed E-state index contributed by atoms with van der Waals surface area (Å²) in [6.45, 7) is 2.77. The molecule has 1 aliphatic heterocycles. The summed E-state index contributed by atoms with van der Waals surface area (Å²) in [6, 6.07) is 18.6. The summed E-state index contributed by atoms with van der Waals surface area (Å²) in [5.41, 5.74) is 4.81. The van der Waals surface area contributed by atoms with Gasteiger partial charge in [0.2, 0.25) is 5.91 Å². The van der Waals surface area contributed by atoms with E-state index in [1.807, 2.05) is 29.5 Å². The number of aromatic nitrogens is 1. The molecule has 1 aliphatic rings. The maximum atomic E-state index is 12.9. The number of methoxy groups -OCH3 is 1. The fourth-order valence-corrected chi connectivity index (χ4v) is 5.43. The van der Waals surface area contributed by atoms with Crippen molar-refractivity contribution in [2.24, 2.45) is 0 Å². The van der Waals surface area contributed by atoms with E-state index in [2.05, 4.69) is 63.2 Å². The van der Waals surface area contributed by atoms with Crippen molar-refractivity contribution >= 4 is 28.1 Å². The van der Waals surface area contributed by atoms with Gasteiger partial charge in [-0.1, -0.05) is 30.3 Å². The standard InChI is InChI=1S/C26H27N3O2S/c1-31-20-8-6-18(7-9-20)22(23-15-27-24-5-3-2-4-21(23)24)14-28-26(30)17-29-12-10-25-19(16-29)11-13-32-25/h2-9,11,13,15,22,27H,10,12,14,16-17H2,1H3,(H,28,30). The monoisotopic (exact) mass is 445 g/mol. The van der Waals surface area contributed by atoms with Crippen LogP contribution in [0.25, 0.3) is 10.9 Å². The fraction of sp³-hybridized carbons (Fsp3) is 0.269. The van der Waals surface area contributed by atoms with Crippen LogP contribution >= 0.6 is 11.3 Å². The van der Waals surface area contributed by atoms with Crippen LogP contribution < -0.4 is 10.1 Å². The summed E-state index contributed by atoms with van der Waals surface area (Å²) >= 11 is 1.82. The van der Waals surface area contributed by atoms with Crippen LogP contribution in [-0.2, 0) is 17.8 Å². The molecule has 2 aromatic heterocycles. The van der Waals surface area contributed by atoms with E-state index in [9.17, 15) is 4.79 Å².